The zero-order valence-electron chi connectivity index (χ0n) is 11.6. The van der Waals surface area contributed by atoms with Gasteiger partial charge in [0.2, 0.25) is 10.0 Å². The quantitative estimate of drug-likeness (QED) is 0.942. The summed E-state index contributed by atoms with van der Waals surface area (Å²) in [5.41, 5.74) is 1.68. The zero-order chi connectivity index (χ0) is 15.6. The van der Waals surface area contributed by atoms with E-state index in [4.69, 9.17) is 5.26 Å². The Bertz CT molecular complexity index is 804. The minimum absolute atomic E-state index is 0.0759. The molecule has 0 saturated heterocycles. The van der Waals surface area contributed by atoms with Crippen molar-refractivity contribution in [1.82, 2.24) is 4.31 Å². The average molecular weight is 302 g/mol. The lowest BCUT2D eigenvalue weighted by atomic mass is 10.0. The number of phenols is 1. The van der Waals surface area contributed by atoms with Gasteiger partial charge in [-0.15, -0.1) is 0 Å². The third kappa shape index (κ3) is 2.89. The molecule has 6 heteroatoms. The molecule has 0 aromatic heterocycles. The van der Waals surface area contributed by atoms with E-state index in [1.165, 1.54) is 32.3 Å². The number of phenolic OH excluding ortho intramolecular Hbond substituents is 1. The van der Waals surface area contributed by atoms with E-state index in [9.17, 15) is 13.5 Å². The van der Waals surface area contributed by atoms with Gasteiger partial charge in [0.05, 0.1) is 10.5 Å². The van der Waals surface area contributed by atoms with Gasteiger partial charge in [0.1, 0.15) is 11.8 Å². The first-order chi connectivity index (χ1) is 9.86. The molecule has 5 nitrogen and oxygen atoms in total. The van der Waals surface area contributed by atoms with Gasteiger partial charge >= 0.3 is 0 Å². The van der Waals surface area contributed by atoms with Gasteiger partial charge in [0.25, 0.3) is 0 Å². The minimum atomic E-state index is -3.45. The van der Waals surface area contributed by atoms with Crippen LogP contribution in [0.1, 0.15) is 5.56 Å². The molecule has 0 heterocycles. The van der Waals surface area contributed by atoms with E-state index in [1.807, 2.05) is 6.07 Å². The van der Waals surface area contributed by atoms with Crippen LogP contribution in [0.4, 0.5) is 0 Å². The molecule has 2 rings (SSSR count). The monoisotopic (exact) mass is 302 g/mol. The van der Waals surface area contributed by atoms with Crippen LogP contribution in [0.5, 0.6) is 5.75 Å². The first-order valence-corrected chi connectivity index (χ1v) is 7.56. The van der Waals surface area contributed by atoms with Crippen molar-refractivity contribution >= 4 is 10.0 Å². The highest BCUT2D eigenvalue weighted by Gasteiger charge is 2.16. The topological polar surface area (TPSA) is 81.4 Å². The molecule has 0 spiro atoms. The van der Waals surface area contributed by atoms with Gasteiger partial charge in [0.15, 0.2) is 0 Å². The summed E-state index contributed by atoms with van der Waals surface area (Å²) in [4.78, 5) is 0.204. The second-order valence-electron chi connectivity index (χ2n) is 4.66. The molecule has 0 aliphatic rings. The van der Waals surface area contributed by atoms with Crippen molar-refractivity contribution in [3.63, 3.8) is 0 Å². The standard InChI is InChI=1S/C15H14N2O3S/c1-17(2)21(19,20)14-6-3-11(4-7-14)12-5-8-15(18)13(9-12)10-16/h3-9,18H,1-2H3. The Hall–Kier alpha value is -2.36. The van der Waals surface area contributed by atoms with E-state index in [0.29, 0.717) is 0 Å². The molecule has 0 bridgehead atoms. The third-order valence-electron chi connectivity index (χ3n) is 3.08. The fourth-order valence-corrected chi connectivity index (χ4v) is 2.74. The van der Waals surface area contributed by atoms with Gasteiger partial charge < -0.3 is 5.11 Å². The van der Waals surface area contributed by atoms with Crippen molar-refractivity contribution in [2.75, 3.05) is 14.1 Å². The molecule has 0 amide bonds. The Balaban J connectivity index is 2.43. The van der Waals surface area contributed by atoms with Gasteiger partial charge in [-0.05, 0) is 35.4 Å². The van der Waals surface area contributed by atoms with Crippen molar-refractivity contribution < 1.29 is 13.5 Å². The lowest BCUT2D eigenvalue weighted by Crippen LogP contribution is -2.22. The van der Waals surface area contributed by atoms with Crippen molar-refractivity contribution in [1.29, 1.82) is 5.26 Å². The number of aromatic hydroxyl groups is 1. The molecule has 0 unspecified atom stereocenters. The van der Waals surface area contributed by atoms with Crippen molar-refractivity contribution in [3.8, 4) is 22.9 Å². The van der Waals surface area contributed by atoms with Crippen molar-refractivity contribution in [3.05, 3.63) is 48.0 Å². The van der Waals surface area contributed by atoms with Gasteiger partial charge in [-0.2, -0.15) is 5.26 Å². The maximum atomic E-state index is 12.0. The van der Waals surface area contributed by atoms with Gasteiger partial charge in [-0.1, -0.05) is 18.2 Å². The fraction of sp³-hybridized carbons (Fsp3) is 0.133. The third-order valence-corrected chi connectivity index (χ3v) is 4.91. The number of nitrogens with zero attached hydrogens (tertiary/aromatic N) is 2. The molecule has 0 radical (unpaired) electrons. The van der Waals surface area contributed by atoms with Crippen molar-refractivity contribution in [2.24, 2.45) is 0 Å². The minimum Gasteiger partial charge on any atom is -0.507 e. The van der Waals surface area contributed by atoms with Crippen LogP contribution >= 0.6 is 0 Å². The summed E-state index contributed by atoms with van der Waals surface area (Å²) in [7, 11) is -0.505. The fourth-order valence-electron chi connectivity index (χ4n) is 1.84. The molecular formula is C15H14N2O3S. The summed E-state index contributed by atoms with van der Waals surface area (Å²) in [5, 5.41) is 18.4. The Labute approximate surface area is 123 Å². The number of nitriles is 1. The average Bonchev–Trinajstić information content (AvgIpc) is 2.47. The Morgan fingerprint density at radius 1 is 1.05 bits per heavy atom. The molecular weight excluding hydrogens is 288 g/mol. The highest BCUT2D eigenvalue weighted by Crippen LogP contribution is 2.26. The van der Waals surface area contributed by atoms with Crippen LogP contribution < -0.4 is 0 Å². The normalized spacial score (nSPS) is 11.3. The molecule has 21 heavy (non-hydrogen) atoms. The summed E-state index contributed by atoms with van der Waals surface area (Å²) >= 11 is 0. The summed E-state index contributed by atoms with van der Waals surface area (Å²) < 4.78 is 25.1. The number of hydrogen-bond acceptors (Lipinski definition) is 4. The van der Waals surface area contributed by atoms with Crippen LogP contribution in [-0.4, -0.2) is 31.9 Å². The molecule has 0 fully saturated rings. The lowest BCUT2D eigenvalue weighted by Gasteiger charge is -2.11. The first kappa shape index (κ1) is 15.0. The number of benzene rings is 2. The Morgan fingerprint density at radius 3 is 2.14 bits per heavy atom. The highest BCUT2D eigenvalue weighted by atomic mass is 32.2. The molecule has 2 aromatic carbocycles. The molecule has 0 saturated carbocycles. The van der Waals surface area contributed by atoms with E-state index in [2.05, 4.69) is 0 Å². The molecule has 0 aliphatic heterocycles. The van der Waals surface area contributed by atoms with E-state index >= 15 is 0 Å². The van der Waals surface area contributed by atoms with Gasteiger partial charge in [0, 0.05) is 14.1 Å². The summed E-state index contributed by atoms with van der Waals surface area (Å²) in [6, 6.07) is 13.0. The SMILES string of the molecule is CN(C)S(=O)(=O)c1ccc(-c2ccc(O)c(C#N)c2)cc1. The molecule has 0 aliphatic carbocycles. The summed E-state index contributed by atoms with van der Waals surface area (Å²) in [5.74, 6) is -0.0759. The smallest absolute Gasteiger partial charge is 0.242 e. The van der Waals surface area contributed by atoms with E-state index < -0.39 is 10.0 Å². The van der Waals surface area contributed by atoms with Crippen LogP contribution in [-0.2, 0) is 10.0 Å². The van der Waals surface area contributed by atoms with Crippen LogP contribution in [0, 0.1) is 11.3 Å². The van der Waals surface area contributed by atoms with Gasteiger partial charge in [-0.25, -0.2) is 12.7 Å². The van der Waals surface area contributed by atoms with Crippen LogP contribution in [0.3, 0.4) is 0 Å². The Morgan fingerprint density at radius 2 is 1.62 bits per heavy atom. The predicted molar refractivity (Wildman–Crippen MR) is 79.1 cm³/mol. The number of hydrogen-bond donors (Lipinski definition) is 1. The number of rotatable bonds is 3. The maximum absolute atomic E-state index is 12.0. The summed E-state index contributed by atoms with van der Waals surface area (Å²) in [6.45, 7) is 0. The molecule has 2 aromatic rings. The lowest BCUT2D eigenvalue weighted by molar-refractivity contribution is 0.473. The van der Waals surface area contributed by atoms with Crippen LogP contribution in [0.15, 0.2) is 47.4 Å². The first-order valence-electron chi connectivity index (χ1n) is 6.12. The largest absolute Gasteiger partial charge is 0.507 e. The maximum Gasteiger partial charge on any atom is 0.242 e. The number of sulfonamides is 1. The highest BCUT2D eigenvalue weighted by molar-refractivity contribution is 7.89. The molecule has 0 atom stereocenters. The second-order valence-corrected chi connectivity index (χ2v) is 6.81. The van der Waals surface area contributed by atoms with E-state index in [-0.39, 0.29) is 16.2 Å². The Kier molecular flexibility index (Phi) is 3.98. The molecule has 1 N–H and O–H groups in total. The van der Waals surface area contributed by atoms with E-state index in [1.54, 1.807) is 24.3 Å². The summed E-state index contributed by atoms with van der Waals surface area (Å²) in [6.07, 6.45) is 0. The second kappa shape index (κ2) is 5.56. The van der Waals surface area contributed by atoms with Crippen LogP contribution in [0.2, 0.25) is 0 Å². The van der Waals surface area contributed by atoms with Crippen LogP contribution in [0.25, 0.3) is 11.1 Å². The van der Waals surface area contributed by atoms with E-state index in [0.717, 1.165) is 15.4 Å². The van der Waals surface area contributed by atoms with Gasteiger partial charge in [-0.3, -0.25) is 0 Å². The zero-order valence-corrected chi connectivity index (χ0v) is 12.4. The molecule has 108 valence electrons. The predicted octanol–water partition coefficient (Wildman–Crippen LogP) is 2.18. The van der Waals surface area contributed by atoms with Crippen molar-refractivity contribution in [2.45, 2.75) is 4.90 Å².